The van der Waals surface area contributed by atoms with Crippen molar-refractivity contribution < 1.29 is 14.7 Å². The molecule has 0 aromatic carbocycles. The standard InChI is InChI=1S/C9H9Br3N2O3/c1-14-8(17)9(13)4(11)2-3(10)5(6(9)12)7(15)16/h2,6H,13H2,1H3,(H,14,17)(H,15,16). The normalized spacial score (nSPS) is 28.8. The number of rotatable bonds is 2. The van der Waals surface area contributed by atoms with Crippen molar-refractivity contribution in [2.75, 3.05) is 7.05 Å². The molecule has 94 valence electrons. The van der Waals surface area contributed by atoms with Gasteiger partial charge in [-0.25, -0.2) is 4.79 Å². The van der Waals surface area contributed by atoms with Crippen LogP contribution < -0.4 is 11.1 Å². The predicted molar refractivity (Wildman–Crippen MR) is 74.3 cm³/mol. The highest BCUT2D eigenvalue weighted by atomic mass is 79.9. The fraction of sp³-hybridized carbons (Fsp3) is 0.333. The number of nitrogens with two attached hydrogens (primary N) is 1. The average Bonchev–Trinajstić information content (AvgIpc) is 2.24. The van der Waals surface area contributed by atoms with Crippen molar-refractivity contribution in [3.8, 4) is 0 Å². The number of hydrogen-bond acceptors (Lipinski definition) is 3. The molecule has 8 heteroatoms. The molecule has 0 heterocycles. The first-order valence-corrected chi connectivity index (χ1v) is 6.92. The van der Waals surface area contributed by atoms with Crippen LogP contribution in [0.3, 0.4) is 0 Å². The number of carboxylic acid groups (broad SMARTS) is 1. The van der Waals surface area contributed by atoms with Gasteiger partial charge in [0.1, 0.15) is 5.54 Å². The summed E-state index contributed by atoms with van der Waals surface area (Å²) in [6, 6.07) is 0. The van der Waals surface area contributed by atoms with E-state index in [1.54, 1.807) is 0 Å². The van der Waals surface area contributed by atoms with Gasteiger partial charge < -0.3 is 16.2 Å². The third kappa shape index (κ3) is 2.35. The van der Waals surface area contributed by atoms with Crippen molar-refractivity contribution in [3.05, 3.63) is 20.6 Å². The lowest BCUT2D eigenvalue weighted by Crippen LogP contribution is -2.61. The third-order valence-corrected chi connectivity index (χ3v) is 5.11. The highest BCUT2D eigenvalue weighted by molar-refractivity contribution is 9.12. The summed E-state index contributed by atoms with van der Waals surface area (Å²) < 4.78 is 0.756. The first kappa shape index (κ1) is 14.9. The van der Waals surface area contributed by atoms with Crippen LogP contribution >= 0.6 is 47.8 Å². The molecule has 0 saturated heterocycles. The average molecular weight is 433 g/mol. The van der Waals surface area contributed by atoms with E-state index in [1.165, 1.54) is 13.1 Å². The zero-order chi connectivity index (χ0) is 13.4. The molecule has 1 aliphatic rings. The number of carbonyl (C=O) groups is 2. The second-order valence-electron chi connectivity index (χ2n) is 3.37. The highest BCUT2D eigenvalue weighted by Gasteiger charge is 2.49. The van der Waals surface area contributed by atoms with Crippen LogP contribution in [-0.2, 0) is 9.59 Å². The van der Waals surface area contributed by atoms with E-state index in [9.17, 15) is 9.59 Å². The molecule has 5 nitrogen and oxygen atoms in total. The van der Waals surface area contributed by atoms with Crippen LogP contribution in [0.1, 0.15) is 0 Å². The molecule has 0 bridgehead atoms. The predicted octanol–water partition coefficient (Wildman–Crippen LogP) is 1.22. The van der Waals surface area contributed by atoms with Crippen LogP contribution in [0.15, 0.2) is 20.6 Å². The number of alkyl halides is 1. The zero-order valence-electron chi connectivity index (χ0n) is 8.63. The number of amides is 1. The van der Waals surface area contributed by atoms with E-state index >= 15 is 0 Å². The molecule has 0 aromatic heterocycles. The smallest absolute Gasteiger partial charge is 0.333 e. The molecule has 2 atom stereocenters. The van der Waals surface area contributed by atoms with Crippen molar-refractivity contribution in [3.63, 3.8) is 0 Å². The van der Waals surface area contributed by atoms with Crippen molar-refractivity contribution in [1.82, 2.24) is 5.32 Å². The molecule has 4 N–H and O–H groups in total. The van der Waals surface area contributed by atoms with Crippen molar-refractivity contribution in [1.29, 1.82) is 0 Å². The van der Waals surface area contributed by atoms with Crippen molar-refractivity contribution >= 4 is 59.7 Å². The fourth-order valence-electron chi connectivity index (χ4n) is 1.42. The van der Waals surface area contributed by atoms with Gasteiger partial charge in [0, 0.05) is 16.0 Å². The molecular formula is C9H9Br3N2O3. The summed E-state index contributed by atoms with van der Waals surface area (Å²) in [6.45, 7) is 0. The van der Waals surface area contributed by atoms with Crippen LogP contribution in [0, 0.1) is 0 Å². The van der Waals surface area contributed by atoms with E-state index in [0.29, 0.717) is 8.96 Å². The Labute approximate surface area is 123 Å². The van der Waals surface area contributed by atoms with Gasteiger partial charge in [-0.3, -0.25) is 4.79 Å². The van der Waals surface area contributed by atoms with Gasteiger partial charge in [-0.05, 0) is 6.08 Å². The molecule has 1 aliphatic carbocycles. The van der Waals surface area contributed by atoms with Gasteiger partial charge >= 0.3 is 5.97 Å². The van der Waals surface area contributed by atoms with Crippen molar-refractivity contribution in [2.45, 2.75) is 10.4 Å². The lowest BCUT2D eigenvalue weighted by Gasteiger charge is -2.35. The molecule has 0 aromatic rings. The lowest BCUT2D eigenvalue weighted by molar-refractivity contribution is -0.133. The molecule has 0 saturated carbocycles. The number of aliphatic carboxylic acids is 1. The first-order chi connectivity index (χ1) is 7.76. The Morgan fingerprint density at radius 2 is 2.06 bits per heavy atom. The minimum atomic E-state index is -1.49. The second-order valence-corrected chi connectivity index (χ2v) is 5.99. The van der Waals surface area contributed by atoms with Crippen LogP contribution in [0.4, 0.5) is 0 Å². The molecular weight excluding hydrogens is 424 g/mol. The van der Waals surface area contributed by atoms with Crippen LogP contribution in [0.5, 0.6) is 0 Å². The summed E-state index contributed by atoms with van der Waals surface area (Å²) in [7, 11) is 1.44. The van der Waals surface area contributed by atoms with Crippen LogP contribution in [-0.4, -0.2) is 34.4 Å². The molecule has 1 amide bonds. The van der Waals surface area contributed by atoms with Gasteiger partial charge in [0.25, 0.3) is 0 Å². The number of likely N-dealkylation sites (N-methyl/N-ethyl adjacent to an activating group) is 1. The molecule has 1 rings (SSSR count). The zero-order valence-corrected chi connectivity index (χ0v) is 13.4. The number of nitrogens with one attached hydrogen (secondary N) is 1. The quantitative estimate of drug-likeness (QED) is 0.572. The van der Waals surface area contributed by atoms with Crippen LogP contribution in [0.25, 0.3) is 0 Å². The SMILES string of the molecule is CNC(=O)C1(N)C(Br)=CC(Br)=C(C(=O)O)C1Br. The van der Waals surface area contributed by atoms with Gasteiger partial charge in [0.2, 0.25) is 5.91 Å². The van der Waals surface area contributed by atoms with E-state index < -0.39 is 22.2 Å². The number of carbonyl (C=O) groups excluding carboxylic acids is 1. The Morgan fingerprint density at radius 3 is 2.47 bits per heavy atom. The Kier molecular flexibility index (Phi) is 4.56. The number of carboxylic acids is 1. The summed E-state index contributed by atoms with van der Waals surface area (Å²) in [5.41, 5.74) is 4.51. The molecule has 0 aliphatic heterocycles. The maximum Gasteiger partial charge on any atom is 0.333 e. The maximum atomic E-state index is 11.8. The summed E-state index contributed by atoms with van der Waals surface area (Å²) in [5.74, 6) is -1.63. The van der Waals surface area contributed by atoms with Gasteiger partial charge in [0.15, 0.2) is 0 Å². The van der Waals surface area contributed by atoms with E-state index in [-0.39, 0.29) is 5.57 Å². The maximum absolute atomic E-state index is 11.8. The fourth-order valence-corrected chi connectivity index (χ4v) is 4.50. The Bertz CT molecular complexity index is 447. The van der Waals surface area contributed by atoms with E-state index in [0.717, 1.165) is 0 Å². The van der Waals surface area contributed by atoms with Gasteiger partial charge in [-0.15, -0.1) is 0 Å². The lowest BCUT2D eigenvalue weighted by atomic mass is 9.86. The number of allylic oxidation sites excluding steroid dienone is 2. The monoisotopic (exact) mass is 430 g/mol. The highest BCUT2D eigenvalue weighted by Crippen LogP contribution is 2.41. The Morgan fingerprint density at radius 1 is 1.53 bits per heavy atom. The molecule has 0 radical (unpaired) electrons. The second kappa shape index (κ2) is 5.21. The molecule has 17 heavy (non-hydrogen) atoms. The first-order valence-electron chi connectivity index (χ1n) is 4.42. The van der Waals surface area contributed by atoms with Crippen LogP contribution in [0.2, 0.25) is 0 Å². The third-order valence-electron chi connectivity index (χ3n) is 2.39. The van der Waals surface area contributed by atoms with Gasteiger partial charge in [-0.2, -0.15) is 0 Å². The molecule has 2 unspecified atom stereocenters. The minimum absolute atomic E-state index is 0.000648. The molecule has 0 fully saturated rings. The Balaban J connectivity index is 3.39. The van der Waals surface area contributed by atoms with E-state index in [1.807, 2.05) is 0 Å². The van der Waals surface area contributed by atoms with E-state index in [4.69, 9.17) is 10.8 Å². The minimum Gasteiger partial charge on any atom is -0.478 e. The summed E-state index contributed by atoms with van der Waals surface area (Å²) in [4.78, 5) is 22.1. The molecule has 0 spiro atoms. The summed E-state index contributed by atoms with van der Waals surface area (Å²) in [6.07, 6.45) is 1.47. The van der Waals surface area contributed by atoms with Crippen molar-refractivity contribution in [2.24, 2.45) is 5.73 Å². The summed E-state index contributed by atoms with van der Waals surface area (Å²) >= 11 is 9.51. The largest absolute Gasteiger partial charge is 0.478 e. The number of hydrogen-bond donors (Lipinski definition) is 3. The Hall–Kier alpha value is -0.180. The van der Waals surface area contributed by atoms with Gasteiger partial charge in [0.05, 0.1) is 10.4 Å². The topological polar surface area (TPSA) is 92.4 Å². The van der Waals surface area contributed by atoms with Gasteiger partial charge in [-0.1, -0.05) is 47.8 Å². The summed E-state index contributed by atoms with van der Waals surface area (Å²) in [5, 5.41) is 11.5. The van der Waals surface area contributed by atoms with E-state index in [2.05, 4.69) is 53.1 Å². The number of halogens is 3.